The Morgan fingerprint density at radius 3 is 2.82 bits per heavy atom. The first kappa shape index (κ1) is 12.4. The van der Waals surface area contributed by atoms with Gasteiger partial charge in [0.2, 0.25) is 5.91 Å². The van der Waals surface area contributed by atoms with E-state index in [0.29, 0.717) is 0 Å². The molecule has 1 heterocycles. The summed E-state index contributed by atoms with van der Waals surface area (Å²) in [6.07, 6.45) is 0. The average Bonchev–Trinajstić information content (AvgIpc) is 2.83. The lowest BCUT2D eigenvalue weighted by Gasteiger charge is -2.17. The number of rotatable bonds is 3. The fourth-order valence-corrected chi connectivity index (χ4v) is 2.65. The van der Waals surface area contributed by atoms with Crippen molar-refractivity contribution in [3.63, 3.8) is 0 Å². The molecule has 1 fully saturated rings. The number of halogens is 1. The minimum atomic E-state index is -0.263. The van der Waals surface area contributed by atoms with Gasteiger partial charge in [0, 0.05) is 11.6 Å². The zero-order chi connectivity index (χ0) is 12.3. The first-order chi connectivity index (χ1) is 8.16. The molecule has 2 rings (SSSR count). The molecule has 2 atom stereocenters. The number of carbonyl (C=O) groups excluding carboxylic acids is 1. The van der Waals surface area contributed by atoms with Crippen LogP contribution in [0.2, 0.25) is 0 Å². The second-order valence-electron chi connectivity index (χ2n) is 4.05. The summed E-state index contributed by atoms with van der Waals surface area (Å²) in [5.74, 6) is 1.37. The maximum absolute atomic E-state index is 12.8. The normalized spacial score (nSPS) is 21.2. The summed E-state index contributed by atoms with van der Waals surface area (Å²) in [5.41, 5.74) is 0.908. The maximum Gasteiger partial charge on any atom is 0.238 e. The molecule has 1 aromatic rings. The van der Waals surface area contributed by atoms with Crippen LogP contribution in [0, 0.1) is 5.82 Å². The van der Waals surface area contributed by atoms with Crippen molar-refractivity contribution in [1.29, 1.82) is 0 Å². The maximum atomic E-state index is 12.8. The lowest BCUT2D eigenvalue weighted by atomic mass is 10.1. The summed E-state index contributed by atoms with van der Waals surface area (Å²) in [7, 11) is 0. The predicted octanol–water partition coefficient (Wildman–Crippen LogP) is 1.67. The van der Waals surface area contributed by atoms with Gasteiger partial charge in [0.05, 0.1) is 12.1 Å². The van der Waals surface area contributed by atoms with Crippen molar-refractivity contribution in [2.24, 2.45) is 0 Å². The molecule has 3 nitrogen and oxygen atoms in total. The minimum absolute atomic E-state index is 0.00632. The number of carbonyl (C=O) groups is 1. The molecule has 17 heavy (non-hydrogen) atoms. The van der Waals surface area contributed by atoms with Gasteiger partial charge < -0.3 is 5.32 Å². The van der Waals surface area contributed by atoms with Crippen LogP contribution in [0.4, 0.5) is 4.39 Å². The third-order valence-corrected chi connectivity index (χ3v) is 3.70. The first-order valence-corrected chi connectivity index (χ1v) is 6.69. The minimum Gasteiger partial charge on any atom is -0.348 e. The molecule has 0 saturated carbocycles. The molecule has 2 N–H and O–H groups in total. The van der Waals surface area contributed by atoms with E-state index in [0.717, 1.165) is 17.2 Å². The van der Waals surface area contributed by atoms with Crippen LogP contribution in [-0.2, 0) is 4.79 Å². The van der Waals surface area contributed by atoms with Crippen LogP contribution in [0.15, 0.2) is 24.3 Å². The van der Waals surface area contributed by atoms with Crippen LogP contribution in [0.5, 0.6) is 0 Å². The van der Waals surface area contributed by atoms with Gasteiger partial charge in [0.1, 0.15) is 5.82 Å². The van der Waals surface area contributed by atoms with Crippen LogP contribution in [0.3, 0.4) is 0 Å². The van der Waals surface area contributed by atoms with E-state index < -0.39 is 0 Å². The Morgan fingerprint density at radius 2 is 2.24 bits per heavy atom. The lowest BCUT2D eigenvalue weighted by molar-refractivity contribution is -0.123. The molecular formula is C12H15FN2OS. The first-order valence-electron chi connectivity index (χ1n) is 5.54. The van der Waals surface area contributed by atoms with E-state index in [9.17, 15) is 9.18 Å². The van der Waals surface area contributed by atoms with Crippen molar-refractivity contribution in [3.8, 4) is 0 Å². The van der Waals surface area contributed by atoms with E-state index in [4.69, 9.17) is 0 Å². The predicted molar refractivity (Wildman–Crippen MR) is 67.2 cm³/mol. The Labute approximate surface area is 104 Å². The summed E-state index contributed by atoms with van der Waals surface area (Å²) >= 11 is 1.71. The van der Waals surface area contributed by atoms with Crippen LogP contribution in [0.25, 0.3) is 0 Å². The molecule has 1 saturated heterocycles. The molecule has 1 aromatic carbocycles. The van der Waals surface area contributed by atoms with Gasteiger partial charge in [-0.1, -0.05) is 12.1 Å². The highest BCUT2D eigenvalue weighted by molar-refractivity contribution is 7.99. The molecule has 1 aliphatic rings. The van der Waals surface area contributed by atoms with Crippen LogP contribution in [0.1, 0.15) is 18.5 Å². The topological polar surface area (TPSA) is 41.1 Å². The zero-order valence-electron chi connectivity index (χ0n) is 9.57. The summed E-state index contributed by atoms with van der Waals surface area (Å²) < 4.78 is 12.8. The van der Waals surface area contributed by atoms with Gasteiger partial charge in [-0.15, -0.1) is 11.8 Å². The van der Waals surface area contributed by atoms with E-state index in [1.54, 1.807) is 23.9 Å². The van der Waals surface area contributed by atoms with Crippen molar-refractivity contribution < 1.29 is 9.18 Å². The molecule has 1 unspecified atom stereocenters. The summed E-state index contributed by atoms with van der Waals surface area (Å²) in [4.78, 5) is 11.8. The number of hydrogen-bond acceptors (Lipinski definition) is 3. The third kappa shape index (κ3) is 3.20. The highest BCUT2D eigenvalue weighted by atomic mass is 32.2. The molecule has 0 aliphatic carbocycles. The molecular weight excluding hydrogens is 239 g/mol. The van der Waals surface area contributed by atoms with Crippen molar-refractivity contribution in [2.45, 2.75) is 19.0 Å². The van der Waals surface area contributed by atoms with Crippen LogP contribution in [-0.4, -0.2) is 23.6 Å². The second-order valence-corrected chi connectivity index (χ2v) is 5.08. The van der Waals surface area contributed by atoms with Gasteiger partial charge in [-0.05, 0) is 24.6 Å². The highest BCUT2D eigenvalue weighted by Crippen LogP contribution is 2.15. The molecule has 0 spiro atoms. The van der Waals surface area contributed by atoms with Gasteiger partial charge in [0.15, 0.2) is 0 Å². The summed E-state index contributed by atoms with van der Waals surface area (Å²) in [6.45, 7) is 1.90. The Morgan fingerprint density at radius 1 is 1.53 bits per heavy atom. The van der Waals surface area contributed by atoms with E-state index in [-0.39, 0.29) is 23.8 Å². The number of nitrogens with one attached hydrogen (secondary N) is 2. The average molecular weight is 254 g/mol. The molecule has 1 amide bonds. The molecule has 0 bridgehead atoms. The second kappa shape index (κ2) is 5.51. The van der Waals surface area contributed by atoms with Gasteiger partial charge in [-0.3, -0.25) is 10.1 Å². The van der Waals surface area contributed by atoms with Crippen LogP contribution < -0.4 is 10.6 Å². The number of hydrogen-bond donors (Lipinski definition) is 2. The van der Waals surface area contributed by atoms with E-state index in [1.807, 2.05) is 6.92 Å². The third-order valence-electron chi connectivity index (χ3n) is 2.76. The van der Waals surface area contributed by atoms with Gasteiger partial charge in [-0.25, -0.2) is 4.39 Å². The largest absolute Gasteiger partial charge is 0.348 e. The molecule has 0 radical (unpaired) electrons. The van der Waals surface area contributed by atoms with Crippen molar-refractivity contribution in [2.75, 3.05) is 11.6 Å². The van der Waals surface area contributed by atoms with Gasteiger partial charge in [-0.2, -0.15) is 0 Å². The van der Waals surface area contributed by atoms with E-state index in [1.165, 1.54) is 12.1 Å². The van der Waals surface area contributed by atoms with E-state index >= 15 is 0 Å². The van der Waals surface area contributed by atoms with Crippen molar-refractivity contribution in [1.82, 2.24) is 10.6 Å². The summed E-state index contributed by atoms with van der Waals surface area (Å²) in [6, 6.07) is 5.98. The number of amides is 1. The number of thioether (sulfide) groups is 1. The van der Waals surface area contributed by atoms with E-state index in [2.05, 4.69) is 10.6 Å². The highest BCUT2D eigenvalue weighted by Gasteiger charge is 2.23. The molecule has 5 heteroatoms. The van der Waals surface area contributed by atoms with Gasteiger partial charge >= 0.3 is 0 Å². The fraction of sp³-hybridized carbons (Fsp3) is 0.417. The standard InChI is InChI=1S/C12H15FN2OS/c1-8(9-2-4-10(13)5-3-9)15-12(16)11-6-17-7-14-11/h2-5,8,11,14H,6-7H2,1H3,(H,15,16)/t8-,11?/m1/s1. The lowest BCUT2D eigenvalue weighted by Crippen LogP contribution is -2.42. The van der Waals surface area contributed by atoms with Crippen molar-refractivity contribution >= 4 is 17.7 Å². The summed E-state index contributed by atoms with van der Waals surface area (Å²) in [5, 5.41) is 6.03. The molecule has 1 aliphatic heterocycles. The Kier molecular flexibility index (Phi) is 4.02. The fourth-order valence-electron chi connectivity index (χ4n) is 1.71. The zero-order valence-corrected chi connectivity index (χ0v) is 10.4. The smallest absolute Gasteiger partial charge is 0.238 e. The Hall–Kier alpha value is -1.07. The molecule has 92 valence electrons. The molecule has 0 aromatic heterocycles. The quantitative estimate of drug-likeness (QED) is 0.862. The Bertz CT molecular complexity index is 390. The van der Waals surface area contributed by atoms with Gasteiger partial charge in [0.25, 0.3) is 0 Å². The Balaban J connectivity index is 1.93. The van der Waals surface area contributed by atoms with Crippen molar-refractivity contribution in [3.05, 3.63) is 35.6 Å². The SMILES string of the molecule is C[C@@H](NC(=O)C1CSCN1)c1ccc(F)cc1. The number of benzene rings is 1. The monoisotopic (exact) mass is 254 g/mol. The van der Waals surface area contributed by atoms with Crippen LogP contribution >= 0.6 is 11.8 Å².